The largest absolute Gasteiger partial charge is 0.377 e. The van der Waals surface area contributed by atoms with Crippen molar-refractivity contribution in [1.82, 2.24) is 9.38 Å². The predicted molar refractivity (Wildman–Crippen MR) is 82.1 cm³/mol. The number of rotatable bonds is 4. The summed E-state index contributed by atoms with van der Waals surface area (Å²) in [4.78, 5) is 15.5. The number of halogens is 2. The molecule has 2 heterocycles. The number of hydrogen-bond acceptors (Lipinski definition) is 3. The molecule has 0 saturated heterocycles. The fraction of sp³-hybridized carbons (Fsp3) is 0.125. The first-order valence-electron chi connectivity index (χ1n) is 6.92. The molecule has 1 amide bonds. The molecule has 0 fully saturated rings. The molecule has 3 N–H and O–H groups in total. The smallest absolute Gasteiger partial charge is 0.251 e. The van der Waals surface area contributed by atoms with Crippen LogP contribution in [0.1, 0.15) is 21.7 Å². The lowest BCUT2D eigenvalue weighted by Gasteiger charge is -2.08. The van der Waals surface area contributed by atoms with E-state index in [4.69, 9.17) is 5.73 Å². The van der Waals surface area contributed by atoms with Crippen LogP contribution < -0.4 is 11.1 Å². The number of aryl methyl sites for hydroxylation is 1. The molecule has 0 atom stereocenters. The van der Waals surface area contributed by atoms with Crippen molar-refractivity contribution in [2.24, 2.45) is 5.73 Å². The number of primary amides is 1. The minimum atomic E-state index is -0.982. The maximum absolute atomic E-state index is 13.8. The number of anilines is 1. The Labute approximate surface area is 130 Å². The van der Waals surface area contributed by atoms with E-state index in [1.54, 1.807) is 0 Å². The van der Waals surface area contributed by atoms with Gasteiger partial charge in [-0.3, -0.25) is 4.79 Å². The van der Waals surface area contributed by atoms with Gasteiger partial charge in [-0.05, 0) is 25.1 Å². The van der Waals surface area contributed by atoms with E-state index in [9.17, 15) is 13.6 Å². The molecule has 0 aliphatic carbocycles. The molecule has 23 heavy (non-hydrogen) atoms. The summed E-state index contributed by atoms with van der Waals surface area (Å²) in [5.41, 5.74) is 7.18. The number of pyridine rings is 1. The lowest BCUT2D eigenvalue weighted by Crippen LogP contribution is -2.14. The summed E-state index contributed by atoms with van der Waals surface area (Å²) >= 11 is 0. The van der Waals surface area contributed by atoms with Crippen LogP contribution in [0.2, 0.25) is 0 Å². The van der Waals surface area contributed by atoms with E-state index in [-0.39, 0.29) is 17.8 Å². The maximum atomic E-state index is 13.8. The monoisotopic (exact) mass is 316 g/mol. The summed E-state index contributed by atoms with van der Waals surface area (Å²) in [5.74, 6) is -2.73. The minimum Gasteiger partial charge on any atom is -0.377 e. The van der Waals surface area contributed by atoms with Crippen molar-refractivity contribution in [3.63, 3.8) is 0 Å². The predicted octanol–water partition coefficient (Wildman–Crippen LogP) is 2.63. The van der Waals surface area contributed by atoms with Crippen molar-refractivity contribution in [2.75, 3.05) is 5.32 Å². The first-order chi connectivity index (χ1) is 11.0. The summed E-state index contributed by atoms with van der Waals surface area (Å²) in [5, 5.41) is 2.81. The summed E-state index contributed by atoms with van der Waals surface area (Å²) in [6.07, 6.45) is 1.83. The molecule has 0 saturated carbocycles. The lowest BCUT2D eigenvalue weighted by molar-refractivity contribution is 0.0996. The zero-order chi connectivity index (χ0) is 16.6. The molecule has 0 radical (unpaired) electrons. The number of amides is 1. The number of nitrogens with zero attached hydrogens (tertiary/aromatic N) is 2. The Balaban J connectivity index is 1.86. The van der Waals surface area contributed by atoms with Gasteiger partial charge in [-0.25, -0.2) is 13.8 Å². The van der Waals surface area contributed by atoms with E-state index in [1.165, 1.54) is 0 Å². The molecule has 3 rings (SSSR count). The number of benzene rings is 1. The van der Waals surface area contributed by atoms with Gasteiger partial charge in [0, 0.05) is 18.0 Å². The molecule has 5 nitrogen and oxygen atoms in total. The molecule has 7 heteroatoms. The Hall–Kier alpha value is -2.96. The topological polar surface area (TPSA) is 72.4 Å². The van der Waals surface area contributed by atoms with Crippen molar-refractivity contribution in [3.05, 3.63) is 65.1 Å². The van der Waals surface area contributed by atoms with Crippen molar-refractivity contribution < 1.29 is 13.6 Å². The molecular weight excluding hydrogens is 302 g/mol. The average Bonchev–Trinajstić information content (AvgIpc) is 2.90. The highest BCUT2D eigenvalue weighted by molar-refractivity contribution is 5.94. The van der Waals surface area contributed by atoms with Gasteiger partial charge in [0.25, 0.3) is 5.91 Å². The quantitative estimate of drug-likeness (QED) is 0.777. The number of aromatic nitrogens is 2. The Morgan fingerprint density at radius 1 is 1.30 bits per heavy atom. The molecule has 118 valence electrons. The van der Waals surface area contributed by atoms with Crippen LogP contribution in [0.15, 0.2) is 36.5 Å². The van der Waals surface area contributed by atoms with Crippen LogP contribution in [0.25, 0.3) is 5.65 Å². The number of carbonyl (C=O) groups excluding carboxylic acids is 1. The molecule has 0 aliphatic heterocycles. The zero-order valence-electron chi connectivity index (χ0n) is 12.3. The summed E-state index contributed by atoms with van der Waals surface area (Å²) < 4.78 is 29.1. The van der Waals surface area contributed by atoms with Crippen molar-refractivity contribution in [2.45, 2.75) is 13.5 Å². The summed E-state index contributed by atoms with van der Waals surface area (Å²) in [6, 6.07) is 7.41. The van der Waals surface area contributed by atoms with Crippen LogP contribution in [0.4, 0.5) is 14.5 Å². The summed E-state index contributed by atoms with van der Waals surface area (Å²) in [7, 11) is 0. The minimum absolute atomic E-state index is 0.00558. The van der Waals surface area contributed by atoms with Crippen LogP contribution in [0.3, 0.4) is 0 Å². The Morgan fingerprint density at radius 3 is 2.78 bits per heavy atom. The van der Waals surface area contributed by atoms with Gasteiger partial charge in [0.15, 0.2) is 0 Å². The molecule has 0 spiro atoms. The SMILES string of the molecule is Cc1cccc2nc(CNc3cc(C(N)=O)c(F)cc3F)cn12. The van der Waals surface area contributed by atoms with Gasteiger partial charge < -0.3 is 15.5 Å². The van der Waals surface area contributed by atoms with Gasteiger partial charge in [0.1, 0.15) is 17.3 Å². The van der Waals surface area contributed by atoms with Gasteiger partial charge in [-0.2, -0.15) is 0 Å². The van der Waals surface area contributed by atoms with Gasteiger partial charge >= 0.3 is 0 Å². The highest BCUT2D eigenvalue weighted by Crippen LogP contribution is 2.20. The fourth-order valence-electron chi connectivity index (χ4n) is 2.34. The maximum Gasteiger partial charge on any atom is 0.251 e. The second-order valence-electron chi connectivity index (χ2n) is 5.16. The fourth-order valence-corrected chi connectivity index (χ4v) is 2.34. The third-order valence-corrected chi connectivity index (χ3v) is 3.53. The van der Waals surface area contributed by atoms with Gasteiger partial charge in [0.05, 0.1) is 23.5 Å². The number of imidazole rings is 1. The molecule has 0 unspecified atom stereocenters. The Kier molecular flexibility index (Phi) is 3.69. The standard InChI is InChI=1S/C16H14F2N4O/c1-9-3-2-4-15-21-10(8-22(9)15)7-20-14-5-11(16(19)23)12(17)6-13(14)18/h2-6,8,20H,7H2,1H3,(H2,19,23). The number of carbonyl (C=O) groups is 1. The summed E-state index contributed by atoms with van der Waals surface area (Å²) in [6.45, 7) is 2.17. The Bertz CT molecular complexity index is 904. The van der Waals surface area contributed by atoms with Gasteiger partial charge in [-0.15, -0.1) is 0 Å². The molecule has 2 aromatic heterocycles. The van der Waals surface area contributed by atoms with Crippen LogP contribution >= 0.6 is 0 Å². The Morgan fingerprint density at radius 2 is 2.09 bits per heavy atom. The highest BCUT2D eigenvalue weighted by Gasteiger charge is 2.14. The van der Waals surface area contributed by atoms with E-state index in [2.05, 4.69) is 10.3 Å². The molecule has 0 bridgehead atoms. The van der Waals surface area contributed by atoms with E-state index in [0.29, 0.717) is 11.8 Å². The first kappa shape index (κ1) is 15.0. The van der Waals surface area contributed by atoms with Gasteiger partial charge in [-0.1, -0.05) is 6.07 Å². The first-order valence-corrected chi connectivity index (χ1v) is 6.92. The van der Waals surface area contributed by atoms with Crippen molar-refractivity contribution in [1.29, 1.82) is 0 Å². The second-order valence-corrected chi connectivity index (χ2v) is 5.16. The van der Waals surface area contributed by atoms with Crippen LogP contribution in [-0.2, 0) is 6.54 Å². The number of fused-ring (bicyclic) bond motifs is 1. The van der Waals surface area contributed by atoms with Crippen molar-refractivity contribution in [3.8, 4) is 0 Å². The number of hydrogen-bond donors (Lipinski definition) is 2. The van der Waals surface area contributed by atoms with Crippen molar-refractivity contribution >= 4 is 17.2 Å². The number of nitrogens with two attached hydrogens (primary N) is 1. The second kappa shape index (κ2) is 5.68. The van der Waals surface area contributed by atoms with E-state index in [0.717, 1.165) is 17.4 Å². The molecule has 0 aliphatic rings. The third kappa shape index (κ3) is 2.85. The highest BCUT2D eigenvalue weighted by atomic mass is 19.1. The average molecular weight is 316 g/mol. The third-order valence-electron chi connectivity index (χ3n) is 3.53. The lowest BCUT2D eigenvalue weighted by atomic mass is 10.1. The molecule has 3 aromatic rings. The van der Waals surface area contributed by atoms with Gasteiger partial charge in [0.2, 0.25) is 0 Å². The van der Waals surface area contributed by atoms with Crippen LogP contribution in [0, 0.1) is 18.6 Å². The molecular formula is C16H14F2N4O. The number of nitrogens with one attached hydrogen (secondary N) is 1. The van der Waals surface area contributed by atoms with E-state index >= 15 is 0 Å². The normalized spacial score (nSPS) is 10.9. The molecule has 1 aromatic carbocycles. The van der Waals surface area contributed by atoms with Crippen LogP contribution in [-0.4, -0.2) is 15.3 Å². The van der Waals surface area contributed by atoms with E-state index < -0.39 is 17.5 Å². The van der Waals surface area contributed by atoms with E-state index in [1.807, 2.05) is 35.7 Å². The zero-order valence-corrected chi connectivity index (χ0v) is 12.3. The van der Waals surface area contributed by atoms with Crippen LogP contribution in [0.5, 0.6) is 0 Å².